The Morgan fingerprint density at radius 2 is 2.27 bits per heavy atom. The second-order valence-corrected chi connectivity index (χ2v) is 3.12. The molecule has 0 rings (SSSR count). The molecule has 0 radical (unpaired) electrons. The topological polar surface area (TPSA) is 32.6 Å². The number of aliphatic hydroxyl groups excluding tert-OH is 1. The van der Waals surface area contributed by atoms with Crippen LogP contribution in [-0.2, 0) is 0 Å². The summed E-state index contributed by atoms with van der Waals surface area (Å²) in [5.41, 5.74) is 0. The van der Waals surface area contributed by atoms with Gasteiger partial charge in [0.05, 0.1) is 6.04 Å². The lowest BCUT2D eigenvalue weighted by Crippen LogP contribution is -2.04. The predicted octanol–water partition coefficient (Wildman–Crippen LogP) is 2.02. The third-order valence-electron chi connectivity index (χ3n) is 1.21. The normalized spacial score (nSPS) is 15.1. The van der Waals surface area contributed by atoms with E-state index in [-0.39, 0.29) is 12.6 Å². The molecule has 0 bridgehead atoms. The molecule has 2 nitrogen and oxygen atoms in total. The molecular formula is C7H13Cl2NO. The van der Waals surface area contributed by atoms with Gasteiger partial charge in [-0.15, -0.1) is 11.6 Å². The van der Waals surface area contributed by atoms with Crippen LogP contribution in [-0.4, -0.2) is 28.8 Å². The van der Waals surface area contributed by atoms with Gasteiger partial charge in [0.1, 0.15) is 5.17 Å². The Kier molecular flexibility index (Phi) is 7.02. The molecule has 1 atom stereocenters. The first-order chi connectivity index (χ1) is 5.20. The van der Waals surface area contributed by atoms with E-state index in [1.54, 1.807) is 0 Å². The van der Waals surface area contributed by atoms with Gasteiger partial charge in [-0.25, -0.2) is 0 Å². The zero-order chi connectivity index (χ0) is 8.69. The Labute approximate surface area is 77.2 Å². The van der Waals surface area contributed by atoms with Crippen LogP contribution >= 0.6 is 23.2 Å². The summed E-state index contributed by atoms with van der Waals surface area (Å²) in [7, 11) is 0. The van der Waals surface area contributed by atoms with Crippen LogP contribution in [0.25, 0.3) is 0 Å². The zero-order valence-electron chi connectivity index (χ0n) is 6.56. The van der Waals surface area contributed by atoms with E-state index in [9.17, 15) is 0 Å². The van der Waals surface area contributed by atoms with Crippen LogP contribution in [0.15, 0.2) is 4.99 Å². The van der Waals surface area contributed by atoms with Gasteiger partial charge < -0.3 is 5.11 Å². The van der Waals surface area contributed by atoms with Gasteiger partial charge in [-0.3, -0.25) is 4.99 Å². The van der Waals surface area contributed by atoms with E-state index in [0.29, 0.717) is 23.9 Å². The van der Waals surface area contributed by atoms with Crippen LogP contribution < -0.4 is 0 Å². The maximum absolute atomic E-state index is 8.54. The van der Waals surface area contributed by atoms with Crippen LogP contribution in [0.2, 0.25) is 0 Å². The SMILES string of the molecule is CC(CCO)N=C(Cl)CCCl. The minimum atomic E-state index is 0.0933. The van der Waals surface area contributed by atoms with Crippen LogP contribution in [0.4, 0.5) is 0 Å². The van der Waals surface area contributed by atoms with Gasteiger partial charge in [0.25, 0.3) is 0 Å². The summed E-state index contributed by atoms with van der Waals surface area (Å²) >= 11 is 11.1. The van der Waals surface area contributed by atoms with Gasteiger partial charge in [0.15, 0.2) is 0 Å². The summed E-state index contributed by atoms with van der Waals surface area (Å²) in [6.45, 7) is 2.06. The Bertz CT molecular complexity index is 128. The quantitative estimate of drug-likeness (QED) is 0.532. The summed E-state index contributed by atoms with van der Waals surface area (Å²) in [5.74, 6) is 0.494. The summed E-state index contributed by atoms with van der Waals surface area (Å²) < 4.78 is 0. The van der Waals surface area contributed by atoms with Crippen molar-refractivity contribution in [2.24, 2.45) is 4.99 Å². The highest BCUT2D eigenvalue weighted by atomic mass is 35.5. The second kappa shape index (κ2) is 6.89. The molecule has 0 aliphatic carbocycles. The van der Waals surface area contributed by atoms with Gasteiger partial charge in [-0.1, -0.05) is 11.6 Å². The first kappa shape index (κ1) is 11.2. The van der Waals surface area contributed by atoms with Crippen molar-refractivity contribution < 1.29 is 5.11 Å². The third-order valence-corrected chi connectivity index (χ3v) is 1.68. The van der Waals surface area contributed by atoms with Gasteiger partial charge in [0, 0.05) is 18.9 Å². The molecule has 0 saturated heterocycles. The van der Waals surface area contributed by atoms with Crippen LogP contribution in [0.3, 0.4) is 0 Å². The van der Waals surface area contributed by atoms with Gasteiger partial charge in [-0.05, 0) is 13.3 Å². The first-order valence-electron chi connectivity index (χ1n) is 3.59. The van der Waals surface area contributed by atoms with E-state index in [4.69, 9.17) is 28.3 Å². The number of alkyl halides is 1. The zero-order valence-corrected chi connectivity index (χ0v) is 8.07. The molecule has 0 aliphatic heterocycles. The average Bonchev–Trinajstić information content (AvgIpc) is 1.87. The van der Waals surface area contributed by atoms with Crippen molar-refractivity contribution in [3.8, 4) is 0 Å². The van der Waals surface area contributed by atoms with Crippen molar-refractivity contribution in [3.63, 3.8) is 0 Å². The highest BCUT2D eigenvalue weighted by Crippen LogP contribution is 2.02. The van der Waals surface area contributed by atoms with E-state index in [0.717, 1.165) is 0 Å². The maximum atomic E-state index is 8.54. The van der Waals surface area contributed by atoms with E-state index in [1.165, 1.54) is 0 Å². The van der Waals surface area contributed by atoms with E-state index in [2.05, 4.69) is 4.99 Å². The third kappa shape index (κ3) is 6.60. The first-order valence-corrected chi connectivity index (χ1v) is 4.51. The highest BCUT2D eigenvalue weighted by Gasteiger charge is 1.99. The largest absolute Gasteiger partial charge is 0.396 e. The fraction of sp³-hybridized carbons (Fsp3) is 0.857. The molecule has 0 heterocycles. The average molecular weight is 198 g/mol. The number of halogens is 2. The summed E-state index contributed by atoms with van der Waals surface area (Å²) in [4.78, 5) is 4.09. The van der Waals surface area contributed by atoms with Crippen molar-refractivity contribution in [3.05, 3.63) is 0 Å². The number of aliphatic hydroxyl groups is 1. The van der Waals surface area contributed by atoms with E-state index < -0.39 is 0 Å². The summed E-state index contributed by atoms with van der Waals surface area (Å²) in [6, 6.07) is 0.0933. The molecule has 0 fully saturated rings. The van der Waals surface area contributed by atoms with Crippen molar-refractivity contribution in [2.45, 2.75) is 25.8 Å². The lowest BCUT2D eigenvalue weighted by Gasteiger charge is -2.03. The monoisotopic (exact) mass is 197 g/mol. The molecule has 0 aromatic rings. The van der Waals surface area contributed by atoms with Crippen molar-refractivity contribution in [1.82, 2.24) is 0 Å². The van der Waals surface area contributed by atoms with Crippen LogP contribution in [0.5, 0.6) is 0 Å². The number of hydrogen-bond acceptors (Lipinski definition) is 2. The van der Waals surface area contributed by atoms with Gasteiger partial charge in [-0.2, -0.15) is 0 Å². The number of nitrogens with zero attached hydrogens (tertiary/aromatic N) is 1. The molecule has 1 unspecified atom stereocenters. The second-order valence-electron chi connectivity index (χ2n) is 2.31. The van der Waals surface area contributed by atoms with Crippen molar-refractivity contribution in [1.29, 1.82) is 0 Å². The maximum Gasteiger partial charge on any atom is 0.102 e. The standard InChI is InChI=1S/C7H13Cl2NO/c1-6(3-5-11)10-7(9)2-4-8/h6,11H,2-5H2,1H3. The molecule has 0 amide bonds. The molecule has 66 valence electrons. The predicted molar refractivity (Wildman–Crippen MR) is 49.8 cm³/mol. The van der Waals surface area contributed by atoms with Crippen LogP contribution in [0, 0.1) is 0 Å². The summed E-state index contributed by atoms with van der Waals surface area (Å²) in [5, 5.41) is 9.08. The number of rotatable bonds is 5. The molecule has 0 aliphatic rings. The summed E-state index contributed by atoms with van der Waals surface area (Å²) in [6.07, 6.45) is 1.26. The van der Waals surface area contributed by atoms with E-state index >= 15 is 0 Å². The smallest absolute Gasteiger partial charge is 0.102 e. The number of hydrogen-bond donors (Lipinski definition) is 1. The Morgan fingerprint density at radius 1 is 1.64 bits per heavy atom. The Balaban J connectivity index is 3.66. The van der Waals surface area contributed by atoms with E-state index in [1.807, 2.05) is 6.92 Å². The minimum absolute atomic E-state index is 0.0933. The Morgan fingerprint density at radius 3 is 2.73 bits per heavy atom. The molecule has 0 aromatic heterocycles. The van der Waals surface area contributed by atoms with Gasteiger partial charge >= 0.3 is 0 Å². The van der Waals surface area contributed by atoms with Crippen molar-refractivity contribution in [2.75, 3.05) is 12.5 Å². The minimum Gasteiger partial charge on any atom is -0.396 e. The fourth-order valence-electron chi connectivity index (χ4n) is 0.633. The highest BCUT2D eigenvalue weighted by molar-refractivity contribution is 6.65. The molecule has 0 aromatic carbocycles. The fourth-order valence-corrected chi connectivity index (χ4v) is 1.17. The Hall–Kier alpha value is 0.210. The number of aliphatic imine (C=N–C) groups is 1. The lowest BCUT2D eigenvalue weighted by molar-refractivity contribution is 0.279. The lowest BCUT2D eigenvalue weighted by atomic mass is 10.2. The van der Waals surface area contributed by atoms with Gasteiger partial charge in [0.2, 0.25) is 0 Å². The molecule has 4 heteroatoms. The molecule has 11 heavy (non-hydrogen) atoms. The molecular weight excluding hydrogens is 185 g/mol. The van der Waals surface area contributed by atoms with Crippen molar-refractivity contribution >= 4 is 28.4 Å². The molecule has 1 N–H and O–H groups in total. The molecule has 0 spiro atoms. The van der Waals surface area contributed by atoms with Crippen LogP contribution in [0.1, 0.15) is 19.8 Å². The molecule has 0 saturated carbocycles.